The van der Waals surface area contributed by atoms with Gasteiger partial charge in [-0.2, -0.15) is 0 Å². The molecule has 0 saturated carbocycles. The van der Waals surface area contributed by atoms with Gasteiger partial charge >= 0.3 is 11.3 Å². The lowest BCUT2D eigenvalue weighted by Gasteiger charge is -2.32. The Morgan fingerprint density at radius 2 is 1.94 bits per heavy atom. The summed E-state index contributed by atoms with van der Waals surface area (Å²) in [5.74, 6) is -2.60. The van der Waals surface area contributed by atoms with Crippen molar-refractivity contribution in [2.24, 2.45) is 0 Å². The van der Waals surface area contributed by atoms with E-state index in [2.05, 4.69) is 38.3 Å². The molecule has 3 N–H and O–H groups in total. The van der Waals surface area contributed by atoms with Crippen LogP contribution in [0.4, 0.5) is 5.69 Å². The predicted octanol–water partition coefficient (Wildman–Crippen LogP) is 3.27. The highest BCUT2D eigenvalue weighted by molar-refractivity contribution is 9.10. The van der Waals surface area contributed by atoms with Gasteiger partial charge < -0.3 is 19.9 Å². The van der Waals surface area contributed by atoms with Gasteiger partial charge in [0.2, 0.25) is 11.5 Å². The zero-order chi connectivity index (χ0) is 23.7. The molecule has 10 nitrogen and oxygen atoms in total. The molecule has 1 aromatic heterocycles. The topological polar surface area (TPSA) is 146 Å². The molecule has 0 atom stereocenters. The summed E-state index contributed by atoms with van der Waals surface area (Å²) in [7, 11) is 0. The molecule has 3 aromatic rings. The molecule has 1 fully saturated rings. The third-order valence-corrected chi connectivity index (χ3v) is 6.10. The van der Waals surface area contributed by atoms with Crippen molar-refractivity contribution < 1.29 is 24.3 Å². The van der Waals surface area contributed by atoms with Crippen LogP contribution in [0.5, 0.6) is 11.5 Å². The first-order valence-corrected chi connectivity index (χ1v) is 11.0. The van der Waals surface area contributed by atoms with Crippen molar-refractivity contribution >= 4 is 38.5 Å². The molecule has 0 aliphatic carbocycles. The Morgan fingerprint density at radius 3 is 2.61 bits per heavy atom. The molecular formula is C22H20BrN3O7. The molecule has 1 aliphatic heterocycles. The number of nitrogens with one attached hydrogen (secondary N) is 1. The van der Waals surface area contributed by atoms with Crippen LogP contribution in [0, 0.1) is 10.1 Å². The minimum atomic E-state index is -1.02. The van der Waals surface area contributed by atoms with Crippen LogP contribution in [-0.2, 0) is 6.54 Å². The lowest BCUT2D eigenvalue weighted by molar-refractivity contribution is -0.385. The number of rotatable bonds is 5. The second-order valence-corrected chi connectivity index (χ2v) is 8.79. The zero-order valence-corrected chi connectivity index (χ0v) is 18.9. The quantitative estimate of drug-likeness (QED) is 0.202. The number of piperidine rings is 1. The van der Waals surface area contributed by atoms with Crippen LogP contribution in [0.1, 0.15) is 28.8 Å². The fraction of sp³-hybridized carbons (Fsp3) is 0.273. The summed E-state index contributed by atoms with van der Waals surface area (Å²) in [4.78, 5) is 37.5. The number of hydrogen-bond donors (Lipinski definition) is 3. The number of benzene rings is 2. The molecule has 2 aromatic carbocycles. The van der Waals surface area contributed by atoms with Crippen molar-refractivity contribution in [1.82, 2.24) is 10.2 Å². The monoisotopic (exact) mass is 517 g/mol. The molecule has 0 unspecified atom stereocenters. The number of nitrogens with zero attached hydrogens (tertiary/aromatic N) is 2. The Hall–Kier alpha value is -3.44. The lowest BCUT2D eigenvalue weighted by Crippen LogP contribution is -2.45. The number of amides is 1. The minimum absolute atomic E-state index is 0.0504. The first kappa shape index (κ1) is 22.7. The zero-order valence-electron chi connectivity index (χ0n) is 17.3. The van der Waals surface area contributed by atoms with Gasteiger partial charge in [-0.1, -0.05) is 28.1 Å². The number of fused-ring (bicyclic) bond motifs is 1. The minimum Gasteiger partial charge on any atom is -0.501 e. The van der Waals surface area contributed by atoms with Crippen LogP contribution in [0.2, 0.25) is 0 Å². The van der Waals surface area contributed by atoms with Gasteiger partial charge in [0.25, 0.3) is 5.91 Å². The van der Waals surface area contributed by atoms with Crippen LogP contribution in [0.25, 0.3) is 11.0 Å². The van der Waals surface area contributed by atoms with E-state index < -0.39 is 39.2 Å². The van der Waals surface area contributed by atoms with Gasteiger partial charge in [-0.25, -0.2) is 4.79 Å². The van der Waals surface area contributed by atoms with E-state index >= 15 is 0 Å². The number of likely N-dealkylation sites (tertiary alicyclic amines) is 1. The van der Waals surface area contributed by atoms with E-state index in [-0.39, 0.29) is 17.0 Å². The molecule has 11 heteroatoms. The maximum Gasteiger partial charge on any atom is 0.349 e. The summed E-state index contributed by atoms with van der Waals surface area (Å²) < 4.78 is 6.00. The number of hydrogen-bond acceptors (Lipinski definition) is 8. The van der Waals surface area contributed by atoms with E-state index in [0.29, 0.717) is 12.8 Å². The normalized spacial score (nSPS) is 14.9. The Bertz CT molecular complexity index is 1300. The van der Waals surface area contributed by atoms with Gasteiger partial charge in [-0.15, -0.1) is 0 Å². The van der Waals surface area contributed by atoms with Crippen molar-refractivity contribution in [2.75, 3.05) is 13.1 Å². The SMILES string of the molecule is O=C(NC1CCN(Cc2cccc(Br)c2)CC1)c1cc2cc([N+](=O)[O-])c(O)c(O)c2oc1=O. The molecule has 0 radical (unpaired) electrons. The smallest absolute Gasteiger partial charge is 0.349 e. The summed E-state index contributed by atoms with van der Waals surface area (Å²) >= 11 is 3.47. The van der Waals surface area contributed by atoms with Crippen molar-refractivity contribution in [3.05, 3.63) is 72.5 Å². The first-order chi connectivity index (χ1) is 15.7. The molecule has 0 spiro atoms. The van der Waals surface area contributed by atoms with Gasteiger partial charge in [0.15, 0.2) is 5.58 Å². The van der Waals surface area contributed by atoms with Crippen molar-refractivity contribution in [3.63, 3.8) is 0 Å². The molecule has 1 amide bonds. The standard InChI is InChI=1S/C22H20BrN3O7/c23-14-3-1-2-12(8-14)11-25-6-4-15(5-7-25)24-21(29)16-9-13-10-17(26(31)32)18(27)19(28)20(13)33-22(16)30/h1-3,8-10,15,27-28H,4-7,11H2,(H,24,29). The Morgan fingerprint density at radius 1 is 1.21 bits per heavy atom. The maximum absolute atomic E-state index is 12.7. The number of phenolic OH excluding ortho intramolecular Hbond substituents is 2. The average Bonchev–Trinajstić information content (AvgIpc) is 2.77. The van der Waals surface area contributed by atoms with Gasteiger partial charge in [0.05, 0.1) is 4.92 Å². The van der Waals surface area contributed by atoms with Crippen molar-refractivity contribution in [2.45, 2.75) is 25.4 Å². The van der Waals surface area contributed by atoms with Crippen LogP contribution in [-0.4, -0.2) is 45.1 Å². The molecule has 1 aliphatic rings. The maximum atomic E-state index is 12.7. The molecule has 172 valence electrons. The van der Waals surface area contributed by atoms with Gasteiger partial charge in [0.1, 0.15) is 5.56 Å². The number of carbonyl (C=O) groups excluding carboxylic acids is 1. The largest absolute Gasteiger partial charge is 0.501 e. The molecule has 2 heterocycles. The highest BCUT2D eigenvalue weighted by atomic mass is 79.9. The summed E-state index contributed by atoms with van der Waals surface area (Å²) in [6.45, 7) is 2.33. The number of halogens is 1. The summed E-state index contributed by atoms with van der Waals surface area (Å²) in [6.07, 6.45) is 1.39. The number of phenols is 2. The van der Waals surface area contributed by atoms with E-state index in [1.165, 1.54) is 5.56 Å². The molecular weight excluding hydrogens is 498 g/mol. The highest BCUT2D eigenvalue weighted by Crippen LogP contribution is 2.41. The lowest BCUT2D eigenvalue weighted by atomic mass is 10.0. The number of nitro groups is 1. The summed E-state index contributed by atoms with van der Waals surface area (Å²) in [5.41, 5.74) is -1.36. The van der Waals surface area contributed by atoms with Crippen LogP contribution >= 0.6 is 15.9 Å². The van der Waals surface area contributed by atoms with Gasteiger partial charge in [-0.3, -0.25) is 19.8 Å². The molecule has 1 saturated heterocycles. The van der Waals surface area contributed by atoms with Crippen molar-refractivity contribution in [1.29, 1.82) is 0 Å². The van der Waals surface area contributed by atoms with Crippen molar-refractivity contribution in [3.8, 4) is 11.5 Å². The average molecular weight is 518 g/mol. The summed E-state index contributed by atoms with van der Waals surface area (Å²) in [5, 5.41) is 33.5. The number of aromatic hydroxyl groups is 2. The van der Waals surface area contributed by atoms with Crippen LogP contribution < -0.4 is 10.9 Å². The van der Waals surface area contributed by atoms with E-state index in [9.17, 15) is 29.9 Å². The third kappa shape index (κ3) is 4.83. The molecule has 33 heavy (non-hydrogen) atoms. The van der Waals surface area contributed by atoms with E-state index in [0.717, 1.165) is 36.2 Å². The third-order valence-electron chi connectivity index (χ3n) is 5.61. The number of carbonyl (C=O) groups is 1. The predicted molar refractivity (Wildman–Crippen MR) is 122 cm³/mol. The van der Waals surface area contributed by atoms with Gasteiger partial charge in [0, 0.05) is 41.6 Å². The Kier molecular flexibility index (Phi) is 6.34. The van der Waals surface area contributed by atoms with Crippen LogP contribution in [0.3, 0.4) is 0 Å². The van der Waals surface area contributed by atoms with E-state index in [1.807, 2.05) is 12.1 Å². The molecule has 4 rings (SSSR count). The Labute approximate surface area is 195 Å². The fourth-order valence-electron chi connectivity index (χ4n) is 3.91. The Balaban J connectivity index is 1.46. The highest BCUT2D eigenvalue weighted by Gasteiger charge is 2.26. The number of nitro benzene ring substituents is 1. The second-order valence-electron chi connectivity index (χ2n) is 7.87. The van der Waals surface area contributed by atoms with E-state index in [1.54, 1.807) is 0 Å². The van der Waals surface area contributed by atoms with E-state index in [4.69, 9.17) is 4.42 Å². The van der Waals surface area contributed by atoms with Gasteiger partial charge in [-0.05, 0) is 36.6 Å². The first-order valence-electron chi connectivity index (χ1n) is 10.2. The fourth-order valence-corrected chi connectivity index (χ4v) is 4.36. The second kappa shape index (κ2) is 9.20. The summed E-state index contributed by atoms with van der Waals surface area (Å²) in [6, 6.07) is 9.98. The van der Waals surface area contributed by atoms with Crippen LogP contribution in [0.15, 0.2) is 50.1 Å². The molecule has 0 bridgehead atoms.